The minimum absolute atomic E-state index is 0. The fourth-order valence-corrected chi connectivity index (χ4v) is 5.86. The zero-order valence-electron chi connectivity index (χ0n) is 22.0. The molecule has 0 amide bonds. The molecule has 1 saturated heterocycles. The van der Waals surface area contributed by atoms with Crippen LogP contribution in [0.2, 0.25) is 0 Å². The van der Waals surface area contributed by atoms with Crippen LogP contribution in [0.3, 0.4) is 0 Å². The molecule has 2 aromatic rings. The summed E-state index contributed by atoms with van der Waals surface area (Å²) in [6.45, 7) is 5.28. The van der Waals surface area contributed by atoms with Crippen LogP contribution in [0.4, 0.5) is 0 Å². The largest absolute Gasteiger partial charge is 0.493 e. The molecule has 1 N–H and O–H groups in total. The number of hydrogen-bond donors (Lipinski definition) is 1. The third-order valence-electron chi connectivity index (χ3n) is 8.25. The highest BCUT2D eigenvalue weighted by atomic mass is 35.5. The van der Waals surface area contributed by atoms with Crippen LogP contribution in [0.25, 0.3) is 11.0 Å². The lowest BCUT2D eigenvalue weighted by Gasteiger charge is -2.36. The van der Waals surface area contributed by atoms with Gasteiger partial charge < -0.3 is 24.2 Å². The van der Waals surface area contributed by atoms with E-state index < -0.39 is 0 Å². The van der Waals surface area contributed by atoms with Gasteiger partial charge in [-0.15, -0.1) is 24.8 Å². The molecule has 8 heteroatoms. The van der Waals surface area contributed by atoms with E-state index in [1.54, 1.807) is 0 Å². The standard InChI is InChI=1S/C28H43N3O3.2ClH/c1-30(2)18-25-27(33-19-22-3-4-22)12-10-24-26(29-34-28(24)25)11-7-20-13-15-31(16-14-20)17-21-5-8-23(32)9-6-21;;/h10,12,20-23,32H,3-9,11,13-19H2,1-2H3;2*1H. The van der Waals surface area contributed by atoms with Gasteiger partial charge in [-0.25, -0.2) is 0 Å². The number of nitrogens with zero attached hydrogens (tertiary/aromatic N) is 3. The molecule has 0 unspecified atom stereocenters. The van der Waals surface area contributed by atoms with E-state index in [2.05, 4.69) is 41.2 Å². The first kappa shape index (κ1) is 29.5. The molecule has 3 fully saturated rings. The van der Waals surface area contributed by atoms with Crippen molar-refractivity contribution in [3.63, 3.8) is 0 Å². The minimum atomic E-state index is -0.0459. The Morgan fingerprint density at radius 2 is 1.67 bits per heavy atom. The topological polar surface area (TPSA) is 62.0 Å². The van der Waals surface area contributed by atoms with Gasteiger partial charge in [-0.05, 0) is 121 Å². The second-order valence-corrected chi connectivity index (χ2v) is 11.5. The summed E-state index contributed by atoms with van der Waals surface area (Å²) in [5.74, 6) is 3.25. The zero-order chi connectivity index (χ0) is 23.5. The molecule has 0 bridgehead atoms. The number of aliphatic hydroxyl groups is 1. The highest BCUT2D eigenvalue weighted by molar-refractivity contribution is 5.86. The van der Waals surface area contributed by atoms with E-state index in [0.29, 0.717) is 0 Å². The number of piperidine rings is 1. The molecule has 2 aliphatic carbocycles. The van der Waals surface area contributed by atoms with E-state index in [0.717, 1.165) is 78.1 Å². The molecule has 0 spiro atoms. The summed E-state index contributed by atoms with van der Waals surface area (Å²) >= 11 is 0. The van der Waals surface area contributed by atoms with Gasteiger partial charge in [0.2, 0.25) is 0 Å². The number of rotatable bonds is 10. The lowest BCUT2D eigenvalue weighted by atomic mass is 9.86. The van der Waals surface area contributed by atoms with Crippen LogP contribution in [-0.4, -0.2) is 66.5 Å². The van der Waals surface area contributed by atoms with Crippen molar-refractivity contribution < 1.29 is 14.4 Å². The number of fused-ring (bicyclic) bond motifs is 1. The Labute approximate surface area is 228 Å². The van der Waals surface area contributed by atoms with Crippen LogP contribution >= 0.6 is 24.8 Å². The number of ether oxygens (including phenoxy) is 1. The fraction of sp³-hybridized carbons (Fsp3) is 0.750. The summed E-state index contributed by atoms with van der Waals surface area (Å²) in [4.78, 5) is 4.84. The van der Waals surface area contributed by atoms with Gasteiger partial charge >= 0.3 is 0 Å². The van der Waals surface area contributed by atoms with E-state index in [1.807, 2.05) is 0 Å². The van der Waals surface area contributed by atoms with E-state index in [1.165, 1.54) is 64.6 Å². The molecule has 2 heterocycles. The molecule has 204 valence electrons. The van der Waals surface area contributed by atoms with Crippen molar-refractivity contribution in [3.8, 4) is 5.75 Å². The summed E-state index contributed by atoms with van der Waals surface area (Å²) in [5.41, 5.74) is 3.14. The lowest BCUT2D eigenvalue weighted by molar-refractivity contribution is 0.0842. The van der Waals surface area contributed by atoms with Crippen molar-refractivity contribution in [2.24, 2.45) is 17.8 Å². The number of hydrogen-bond acceptors (Lipinski definition) is 6. The summed E-state index contributed by atoms with van der Waals surface area (Å²) in [6, 6.07) is 4.29. The maximum Gasteiger partial charge on any atom is 0.175 e. The van der Waals surface area contributed by atoms with Gasteiger partial charge in [-0.2, -0.15) is 0 Å². The van der Waals surface area contributed by atoms with Gasteiger partial charge in [0.25, 0.3) is 0 Å². The number of likely N-dealkylation sites (tertiary alicyclic amines) is 1. The maximum atomic E-state index is 9.75. The van der Waals surface area contributed by atoms with Crippen molar-refractivity contribution >= 4 is 35.8 Å². The average Bonchev–Trinajstić information content (AvgIpc) is 3.57. The summed E-state index contributed by atoms with van der Waals surface area (Å²) in [6.07, 6.45) is 11.7. The van der Waals surface area contributed by atoms with Crippen molar-refractivity contribution in [1.29, 1.82) is 0 Å². The second-order valence-electron chi connectivity index (χ2n) is 11.5. The second kappa shape index (κ2) is 13.7. The summed E-state index contributed by atoms with van der Waals surface area (Å²) in [5, 5.41) is 15.4. The predicted octanol–water partition coefficient (Wildman–Crippen LogP) is 5.72. The van der Waals surface area contributed by atoms with Gasteiger partial charge in [0.05, 0.1) is 24.0 Å². The van der Waals surface area contributed by atoms with Gasteiger partial charge in [-0.1, -0.05) is 5.16 Å². The van der Waals surface area contributed by atoms with Crippen molar-refractivity contribution in [1.82, 2.24) is 15.0 Å². The van der Waals surface area contributed by atoms with E-state index in [4.69, 9.17) is 9.26 Å². The fourth-order valence-electron chi connectivity index (χ4n) is 5.86. The first-order valence-corrected chi connectivity index (χ1v) is 13.6. The third kappa shape index (κ3) is 7.73. The Balaban J connectivity index is 0.00000180. The van der Waals surface area contributed by atoms with E-state index >= 15 is 0 Å². The number of halogens is 2. The van der Waals surface area contributed by atoms with Crippen LogP contribution in [-0.2, 0) is 13.0 Å². The average molecular weight is 543 g/mol. The molecule has 1 aromatic heterocycles. The number of aromatic nitrogens is 1. The Morgan fingerprint density at radius 1 is 0.972 bits per heavy atom. The summed E-state index contributed by atoms with van der Waals surface area (Å²) < 4.78 is 12.1. The smallest absolute Gasteiger partial charge is 0.175 e. The number of benzene rings is 1. The van der Waals surface area contributed by atoms with Crippen LogP contribution < -0.4 is 4.74 Å². The van der Waals surface area contributed by atoms with Crippen LogP contribution in [0.5, 0.6) is 5.75 Å². The number of aryl methyl sites for hydroxylation is 1. The van der Waals surface area contributed by atoms with Crippen LogP contribution in [0.1, 0.15) is 69.0 Å². The molecule has 1 aliphatic heterocycles. The van der Waals surface area contributed by atoms with Gasteiger partial charge in [0, 0.05) is 18.5 Å². The Morgan fingerprint density at radius 3 is 2.33 bits per heavy atom. The first-order valence-electron chi connectivity index (χ1n) is 13.6. The molecular formula is C28H45Cl2N3O3. The van der Waals surface area contributed by atoms with E-state index in [9.17, 15) is 5.11 Å². The number of aliphatic hydroxyl groups excluding tert-OH is 1. The van der Waals surface area contributed by atoms with Crippen molar-refractivity contribution in [3.05, 3.63) is 23.4 Å². The molecule has 36 heavy (non-hydrogen) atoms. The third-order valence-corrected chi connectivity index (χ3v) is 8.25. The Kier molecular flexibility index (Phi) is 11.2. The lowest BCUT2D eigenvalue weighted by Crippen LogP contribution is -2.38. The van der Waals surface area contributed by atoms with Crippen LogP contribution in [0, 0.1) is 17.8 Å². The van der Waals surface area contributed by atoms with Gasteiger partial charge in [0.1, 0.15) is 5.75 Å². The Bertz CT molecular complexity index is 934. The van der Waals surface area contributed by atoms with Gasteiger partial charge in [-0.3, -0.25) is 0 Å². The van der Waals surface area contributed by atoms with Crippen molar-refractivity contribution in [2.45, 2.75) is 76.9 Å². The van der Waals surface area contributed by atoms with Gasteiger partial charge in [0.15, 0.2) is 5.58 Å². The highest BCUT2D eigenvalue weighted by Gasteiger charge is 2.26. The molecule has 5 rings (SSSR count). The molecule has 1 aromatic carbocycles. The highest BCUT2D eigenvalue weighted by Crippen LogP contribution is 2.35. The molecule has 6 nitrogen and oxygen atoms in total. The first-order chi connectivity index (χ1) is 16.5. The zero-order valence-corrected chi connectivity index (χ0v) is 23.6. The van der Waals surface area contributed by atoms with Crippen molar-refractivity contribution in [2.75, 3.05) is 40.3 Å². The van der Waals surface area contributed by atoms with Crippen LogP contribution in [0.15, 0.2) is 16.7 Å². The molecule has 0 radical (unpaired) electrons. The van der Waals surface area contributed by atoms with E-state index in [-0.39, 0.29) is 30.9 Å². The molecule has 2 saturated carbocycles. The monoisotopic (exact) mass is 541 g/mol. The summed E-state index contributed by atoms with van der Waals surface area (Å²) in [7, 11) is 4.18. The molecule has 0 atom stereocenters. The maximum absolute atomic E-state index is 9.75. The minimum Gasteiger partial charge on any atom is -0.493 e. The SMILES string of the molecule is CN(C)Cc1c(OCC2CC2)ccc2c(CCC3CCN(CC4CCC(O)CC4)CC3)noc12.Cl.Cl. The Hall–Kier alpha value is -1.05. The normalized spacial score (nSPS) is 23.4. The predicted molar refractivity (Wildman–Crippen MR) is 150 cm³/mol. The molecule has 3 aliphatic rings. The quantitative estimate of drug-likeness (QED) is 0.415. The molecular weight excluding hydrogens is 497 g/mol.